The largest absolute Gasteiger partial charge is 0.518 e. The molecule has 0 N–H and O–H groups in total. The number of carbonyl (C=O) groups excluding carboxylic acids is 2. The first-order valence-corrected chi connectivity index (χ1v) is 8.13. The minimum atomic E-state index is -1.11. The maximum Gasteiger partial charge on any atom is 0.518 e. The van der Waals surface area contributed by atoms with Gasteiger partial charge in [0.15, 0.2) is 0 Å². The summed E-state index contributed by atoms with van der Waals surface area (Å²) in [7, 11) is 0. The Labute approximate surface area is 149 Å². The lowest BCUT2D eigenvalue weighted by Crippen LogP contribution is -2.15. The summed E-state index contributed by atoms with van der Waals surface area (Å²) in [5.74, 6) is 0. The zero-order chi connectivity index (χ0) is 16.7. The molecule has 0 heterocycles. The summed E-state index contributed by atoms with van der Waals surface area (Å²) in [4.78, 5) is 22.9. The minimum Gasteiger partial charge on any atom is -0.429 e. The third-order valence-corrected chi connectivity index (χ3v) is 4.32. The summed E-state index contributed by atoms with van der Waals surface area (Å²) in [6.07, 6.45) is -2.23. The lowest BCUT2D eigenvalue weighted by atomic mass is 10.2. The Bertz CT molecular complexity index is 643. The van der Waals surface area contributed by atoms with E-state index in [0.29, 0.717) is 0 Å². The predicted octanol–water partition coefficient (Wildman–Crippen LogP) is 5.20. The Kier molecular flexibility index (Phi) is 6.61. The van der Waals surface area contributed by atoms with E-state index in [4.69, 9.17) is 9.47 Å². The van der Waals surface area contributed by atoms with Gasteiger partial charge < -0.3 is 14.2 Å². The molecule has 2 aromatic carbocycles. The Morgan fingerprint density at radius 1 is 0.739 bits per heavy atom. The molecule has 0 saturated carbocycles. The van der Waals surface area contributed by atoms with Gasteiger partial charge in [0.25, 0.3) is 0 Å². The topological polar surface area (TPSA) is 61.8 Å². The molecule has 0 spiro atoms. The molecule has 0 aliphatic carbocycles. The fourth-order valence-electron chi connectivity index (χ4n) is 1.63. The fraction of sp³-hybridized carbons (Fsp3) is 0.125. The van der Waals surface area contributed by atoms with E-state index in [9.17, 15) is 9.59 Å². The molecule has 0 saturated heterocycles. The number of ether oxygens (including phenoxy) is 3. The molecule has 0 unspecified atom stereocenters. The molecule has 2 aromatic rings. The molecule has 0 fully saturated rings. The number of halogens is 2. The molecule has 0 bridgehead atoms. The van der Waals surface area contributed by atoms with Gasteiger partial charge in [0, 0.05) is 20.1 Å². The van der Waals surface area contributed by atoms with Crippen molar-refractivity contribution in [2.75, 3.05) is 0 Å². The van der Waals surface area contributed by atoms with Crippen molar-refractivity contribution in [2.24, 2.45) is 0 Å². The van der Waals surface area contributed by atoms with Crippen LogP contribution in [0.15, 0.2) is 57.5 Å². The highest BCUT2D eigenvalue weighted by Gasteiger charge is 2.14. The van der Waals surface area contributed by atoms with Gasteiger partial charge in [0.1, 0.15) is 13.2 Å². The molecule has 5 nitrogen and oxygen atoms in total. The van der Waals surface area contributed by atoms with Gasteiger partial charge in [-0.15, -0.1) is 0 Å². The van der Waals surface area contributed by atoms with E-state index < -0.39 is 12.3 Å². The van der Waals surface area contributed by atoms with E-state index in [2.05, 4.69) is 36.6 Å². The van der Waals surface area contributed by atoms with Crippen LogP contribution in [0.4, 0.5) is 9.59 Å². The smallest absolute Gasteiger partial charge is 0.429 e. The highest BCUT2D eigenvalue weighted by molar-refractivity contribution is 9.10. The summed E-state index contributed by atoms with van der Waals surface area (Å²) >= 11 is 6.65. The zero-order valence-electron chi connectivity index (χ0n) is 11.8. The third kappa shape index (κ3) is 5.69. The second-order valence-electron chi connectivity index (χ2n) is 4.36. The molecular weight excluding hydrogens is 432 g/mol. The van der Waals surface area contributed by atoms with Gasteiger partial charge in [-0.05, 0) is 12.1 Å². The van der Waals surface area contributed by atoms with Crippen molar-refractivity contribution in [3.05, 3.63) is 68.6 Å². The normalized spacial score (nSPS) is 10.0. The second-order valence-corrected chi connectivity index (χ2v) is 6.07. The number of hydrogen-bond acceptors (Lipinski definition) is 5. The first kappa shape index (κ1) is 17.5. The van der Waals surface area contributed by atoms with Gasteiger partial charge in [-0.3, -0.25) is 0 Å². The van der Waals surface area contributed by atoms with Crippen LogP contribution < -0.4 is 0 Å². The number of carbonyl (C=O) groups is 2. The van der Waals surface area contributed by atoms with Crippen molar-refractivity contribution < 1.29 is 23.8 Å². The van der Waals surface area contributed by atoms with Crippen LogP contribution in [0.3, 0.4) is 0 Å². The summed E-state index contributed by atoms with van der Waals surface area (Å²) in [5, 5.41) is 0. The molecule has 0 atom stereocenters. The van der Waals surface area contributed by atoms with E-state index in [-0.39, 0.29) is 13.2 Å². The first-order chi connectivity index (χ1) is 11.1. The molecular formula is C16H12Br2O5. The van der Waals surface area contributed by atoms with Crippen LogP contribution in [0.2, 0.25) is 0 Å². The fourth-order valence-corrected chi connectivity index (χ4v) is 2.43. The molecule has 0 amide bonds. The SMILES string of the molecule is O=C(OCc1ccccc1Br)OC(=O)OCc1ccccc1Br. The standard InChI is InChI=1S/C16H12Br2O5/c17-13-7-3-1-5-11(13)9-21-15(19)23-16(20)22-10-12-6-2-4-8-14(12)18/h1-8H,9-10H2. The van der Waals surface area contributed by atoms with Crippen LogP contribution in [-0.4, -0.2) is 12.3 Å². The van der Waals surface area contributed by atoms with E-state index >= 15 is 0 Å². The monoisotopic (exact) mass is 442 g/mol. The van der Waals surface area contributed by atoms with E-state index in [1.165, 1.54) is 0 Å². The van der Waals surface area contributed by atoms with Gasteiger partial charge in [-0.2, -0.15) is 0 Å². The van der Waals surface area contributed by atoms with Crippen molar-refractivity contribution in [1.29, 1.82) is 0 Å². The first-order valence-electron chi connectivity index (χ1n) is 6.54. The third-order valence-electron chi connectivity index (χ3n) is 2.77. The van der Waals surface area contributed by atoms with E-state index in [0.717, 1.165) is 20.1 Å². The Balaban J connectivity index is 1.76. The van der Waals surface area contributed by atoms with Crippen molar-refractivity contribution in [1.82, 2.24) is 0 Å². The van der Waals surface area contributed by atoms with Crippen LogP contribution in [0.25, 0.3) is 0 Å². The summed E-state index contributed by atoms with van der Waals surface area (Å²) < 4.78 is 15.7. The number of hydrogen-bond donors (Lipinski definition) is 0. The molecule has 120 valence electrons. The van der Waals surface area contributed by atoms with Crippen molar-refractivity contribution in [3.63, 3.8) is 0 Å². The number of benzene rings is 2. The maximum absolute atomic E-state index is 11.4. The molecule has 2 rings (SSSR count). The quantitative estimate of drug-likeness (QED) is 0.480. The number of rotatable bonds is 4. The average Bonchev–Trinajstić information content (AvgIpc) is 2.53. The van der Waals surface area contributed by atoms with E-state index in [1.807, 2.05) is 24.3 Å². The maximum atomic E-state index is 11.4. The second kappa shape index (κ2) is 8.69. The summed E-state index contributed by atoms with van der Waals surface area (Å²) in [6, 6.07) is 14.5. The molecule has 0 aliphatic rings. The van der Waals surface area contributed by atoms with Gasteiger partial charge in [0.2, 0.25) is 0 Å². The van der Waals surface area contributed by atoms with Crippen LogP contribution in [0.1, 0.15) is 11.1 Å². The molecule has 0 aliphatic heterocycles. The molecule has 7 heteroatoms. The zero-order valence-corrected chi connectivity index (χ0v) is 15.0. The highest BCUT2D eigenvalue weighted by atomic mass is 79.9. The van der Waals surface area contributed by atoms with Crippen molar-refractivity contribution in [2.45, 2.75) is 13.2 Å². The van der Waals surface area contributed by atoms with Crippen molar-refractivity contribution >= 4 is 44.2 Å². The van der Waals surface area contributed by atoms with E-state index in [1.54, 1.807) is 24.3 Å². The lowest BCUT2D eigenvalue weighted by Gasteiger charge is -2.07. The highest BCUT2D eigenvalue weighted by Crippen LogP contribution is 2.18. The van der Waals surface area contributed by atoms with Crippen LogP contribution in [0, 0.1) is 0 Å². The van der Waals surface area contributed by atoms with Crippen LogP contribution in [-0.2, 0) is 27.4 Å². The van der Waals surface area contributed by atoms with Gasteiger partial charge >= 0.3 is 12.3 Å². The summed E-state index contributed by atoms with van der Waals surface area (Å²) in [6.45, 7) is -0.0322. The van der Waals surface area contributed by atoms with Gasteiger partial charge in [-0.1, -0.05) is 68.3 Å². The van der Waals surface area contributed by atoms with Gasteiger partial charge in [-0.25, -0.2) is 9.59 Å². The Morgan fingerprint density at radius 3 is 1.52 bits per heavy atom. The van der Waals surface area contributed by atoms with Gasteiger partial charge in [0.05, 0.1) is 0 Å². The van der Waals surface area contributed by atoms with Crippen LogP contribution in [0.5, 0.6) is 0 Å². The summed E-state index contributed by atoms with van der Waals surface area (Å²) in [5.41, 5.74) is 1.51. The Hall–Kier alpha value is -1.86. The average molecular weight is 444 g/mol. The van der Waals surface area contributed by atoms with Crippen LogP contribution >= 0.6 is 31.9 Å². The Morgan fingerprint density at radius 2 is 1.13 bits per heavy atom. The lowest BCUT2D eigenvalue weighted by molar-refractivity contribution is 0.0301. The van der Waals surface area contributed by atoms with Crippen molar-refractivity contribution in [3.8, 4) is 0 Å². The molecule has 0 aromatic heterocycles. The minimum absolute atomic E-state index is 0.0161. The predicted molar refractivity (Wildman–Crippen MR) is 89.7 cm³/mol. The molecule has 0 radical (unpaired) electrons. The molecule has 23 heavy (non-hydrogen) atoms.